The summed E-state index contributed by atoms with van der Waals surface area (Å²) in [6.45, 7) is 4.26. The molecule has 13 heavy (non-hydrogen) atoms. The molecule has 0 amide bonds. The van der Waals surface area contributed by atoms with E-state index in [9.17, 15) is 4.39 Å². The maximum atomic E-state index is 13.6. The van der Waals surface area contributed by atoms with Crippen molar-refractivity contribution in [2.75, 3.05) is 7.05 Å². The van der Waals surface area contributed by atoms with Crippen LogP contribution >= 0.6 is 15.9 Å². The fourth-order valence-electron chi connectivity index (χ4n) is 1.30. The molecule has 1 aromatic rings. The van der Waals surface area contributed by atoms with E-state index < -0.39 is 0 Å². The van der Waals surface area contributed by atoms with E-state index in [1.54, 1.807) is 6.92 Å². The van der Waals surface area contributed by atoms with E-state index in [0.29, 0.717) is 12.1 Å². The predicted octanol–water partition coefficient (Wildman–Crippen LogP) is 2.92. The van der Waals surface area contributed by atoms with Crippen molar-refractivity contribution in [2.45, 2.75) is 20.4 Å². The highest BCUT2D eigenvalue weighted by Crippen LogP contribution is 2.25. The summed E-state index contributed by atoms with van der Waals surface area (Å²) in [5, 5.41) is 2.96. The molecule has 0 unspecified atom stereocenters. The van der Waals surface area contributed by atoms with Gasteiger partial charge in [0.05, 0.1) is 0 Å². The molecule has 72 valence electrons. The summed E-state index contributed by atoms with van der Waals surface area (Å²) in [6.07, 6.45) is 0. The summed E-state index contributed by atoms with van der Waals surface area (Å²) < 4.78 is 14.5. The third-order valence-electron chi connectivity index (χ3n) is 2.12. The van der Waals surface area contributed by atoms with Crippen molar-refractivity contribution in [1.29, 1.82) is 0 Å². The molecule has 0 radical (unpaired) electrons. The minimum absolute atomic E-state index is 0.102. The fraction of sp³-hybridized carbons (Fsp3) is 0.400. The van der Waals surface area contributed by atoms with Crippen LogP contribution in [0, 0.1) is 19.7 Å². The molecule has 0 fully saturated rings. The molecule has 0 bridgehead atoms. The Morgan fingerprint density at radius 2 is 2.08 bits per heavy atom. The summed E-state index contributed by atoms with van der Waals surface area (Å²) in [6, 6.07) is 1.81. The Hall–Kier alpha value is -0.410. The molecule has 0 spiro atoms. The van der Waals surface area contributed by atoms with Crippen molar-refractivity contribution in [3.63, 3.8) is 0 Å². The molecule has 1 nitrogen and oxygen atoms in total. The zero-order valence-electron chi connectivity index (χ0n) is 8.04. The predicted molar refractivity (Wildman–Crippen MR) is 56.3 cm³/mol. The summed E-state index contributed by atoms with van der Waals surface area (Å²) in [5.41, 5.74) is 2.40. The average molecular weight is 246 g/mol. The number of rotatable bonds is 2. The maximum absolute atomic E-state index is 13.6. The molecular formula is C10H13BrFN. The fourth-order valence-corrected chi connectivity index (χ4v) is 1.88. The van der Waals surface area contributed by atoms with E-state index in [0.717, 1.165) is 15.6 Å². The van der Waals surface area contributed by atoms with Crippen molar-refractivity contribution >= 4 is 15.9 Å². The van der Waals surface area contributed by atoms with Crippen LogP contribution in [0.25, 0.3) is 0 Å². The number of benzene rings is 1. The van der Waals surface area contributed by atoms with Gasteiger partial charge in [0.15, 0.2) is 0 Å². The lowest BCUT2D eigenvalue weighted by atomic mass is 10.0. The molecule has 1 N–H and O–H groups in total. The first-order valence-corrected chi connectivity index (χ1v) is 4.96. The lowest BCUT2D eigenvalue weighted by Crippen LogP contribution is -2.10. The highest BCUT2D eigenvalue weighted by molar-refractivity contribution is 9.10. The monoisotopic (exact) mass is 245 g/mol. The summed E-state index contributed by atoms with van der Waals surface area (Å²) in [7, 11) is 1.81. The molecule has 0 saturated heterocycles. The van der Waals surface area contributed by atoms with Gasteiger partial charge >= 0.3 is 0 Å². The van der Waals surface area contributed by atoms with Crippen LogP contribution in [0.4, 0.5) is 4.39 Å². The Kier molecular flexibility index (Phi) is 3.45. The van der Waals surface area contributed by atoms with Gasteiger partial charge in [-0.2, -0.15) is 0 Å². The number of aryl methyl sites for hydroxylation is 1. The second kappa shape index (κ2) is 4.20. The molecule has 0 saturated carbocycles. The quantitative estimate of drug-likeness (QED) is 0.845. The second-order valence-corrected chi connectivity index (χ2v) is 3.98. The molecule has 0 aliphatic rings. The Morgan fingerprint density at radius 3 is 2.62 bits per heavy atom. The number of halogens is 2. The van der Waals surface area contributed by atoms with Gasteiger partial charge in [-0.15, -0.1) is 0 Å². The van der Waals surface area contributed by atoms with Gasteiger partial charge in [-0.25, -0.2) is 4.39 Å². The minimum atomic E-state index is -0.102. The molecule has 0 aromatic heterocycles. The summed E-state index contributed by atoms with van der Waals surface area (Å²) in [5.74, 6) is -0.102. The molecule has 0 aliphatic heterocycles. The van der Waals surface area contributed by atoms with Gasteiger partial charge in [0.2, 0.25) is 0 Å². The largest absolute Gasteiger partial charge is 0.316 e. The standard InChI is InChI=1S/C10H13BrFN/c1-6-4-9(11)7(2)8(5-13-3)10(6)12/h4,13H,5H2,1-3H3. The number of hydrogen-bond acceptors (Lipinski definition) is 1. The van der Waals surface area contributed by atoms with Gasteiger partial charge in [0.1, 0.15) is 5.82 Å². The second-order valence-electron chi connectivity index (χ2n) is 3.12. The molecule has 0 aliphatic carbocycles. The number of nitrogens with one attached hydrogen (secondary N) is 1. The van der Waals surface area contributed by atoms with Gasteiger partial charge in [0, 0.05) is 16.6 Å². The molecule has 0 atom stereocenters. The van der Waals surface area contributed by atoms with Gasteiger partial charge < -0.3 is 5.32 Å². The van der Waals surface area contributed by atoms with Gasteiger partial charge in [-0.1, -0.05) is 15.9 Å². The van der Waals surface area contributed by atoms with Crippen molar-refractivity contribution in [2.24, 2.45) is 0 Å². The van der Waals surface area contributed by atoms with Crippen LogP contribution in [0.5, 0.6) is 0 Å². The van der Waals surface area contributed by atoms with Crippen LogP contribution in [-0.4, -0.2) is 7.05 Å². The zero-order chi connectivity index (χ0) is 10.0. The lowest BCUT2D eigenvalue weighted by Gasteiger charge is -2.10. The third kappa shape index (κ3) is 2.09. The Balaban J connectivity index is 3.28. The first-order valence-electron chi connectivity index (χ1n) is 4.16. The molecule has 0 heterocycles. The van der Waals surface area contributed by atoms with Crippen LogP contribution in [0.2, 0.25) is 0 Å². The SMILES string of the molecule is CNCc1c(C)c(Br)cc(C)c1F. The van der Waals surface area contributed by atoms with Crippen LogP contribution in [0.15, 0.2) is 10.5 Å². The van der Waals surface area contributed by atoms with E-state index in [4.69, 9.17) is 0 Å². The molecule has 3 heteroatoms. The maximum Gasteiger partial charge on any atom is 0.130 e. The van der Waals surface area contributed by atoms with Crippen LogP contribution in [0.3, 0.4) is 0 Å². The Morgan fingerprint density at radius 1 is 1.46 bits per heavy atom. The van der Waals surface area contributed by atoms with Gasteiger partial charge in [-0.3, -0.25) is 0 Å². The Bertz CT molecular complexity index is 297. The van der Waals surface area contributed by atoms with E-state index in [1.807, 2.05) is 20.0 Å². The summed E-state index contributed by atoms with van der Waals surface area (Å²) >= 11 is 3.41. The minimum Gasteiger partial charge on any atom is -0.316 e. The Labute approximate surface area is 86.5 Å². The average Bonchev–Trinajstić information content (AvgIpc) is 2.09. The highest BCUT2D eigenvalue weighted by Gasteiger charge is 2.10. The molecular weight excluding hydrogens is 233 g/mol. The first kappa shape index (κ1) is 10.7. The van der Waals surface area contributed by atoms with Crippen LogP contribution < -0.4 is 5.32 Å². The number of hydrogen-bond donors (Lipinski definition) is 1. The van der Waals surface area contributed by atoms with Crippen molar-refractivity contribution in [1.82, 2.24) is 5.32 Å². The van der Waals surface area contributed by atoms with E-state index in [1.165, 1.54) is 0 Å². The van der Waals surface area contributed by atoms with Crippen LogP contribution in [0.1, 0.15) is 16.7 Å². The van der Waals surface area contributed by atoms with E-state index >= 15 is 0 Å². The van der Waals surface area contributed by atoms with Gasteiger partial charge in [0.25, 0.3) is 0 Å². The highest BCUT2D eigenvalue weighted by atomic mass is 79.9. The first-order chi connectivity index (χ1) is 6.07. The zero-order valence-corrected chi connectivity index (χ0v) is 9.63. The van der Waals surface area contributed by atoms with Crippen molar-refractivity contribution in [3.8, 4) is 0 Å². The lowest BCUT2D eigenvalue weighted by molar-refractivity contribution is 0.589. The topological polar surface area (TPSA) is 12.0 Å². The smallest absolute Gasteiger partial charge is 0.130 e. The van der Waals surface area contributed by atoms with Crippen molar-refractivity contribution in [3.05, 3.63) is 33.0 Å². The van der Waals surface area contributed by atoms with Crippen molar-refractivity contribution < 1.29 is 4.39 Å². The van der Waals surface area contributed by atoms with Crippen LogP contribution in [-0.2, 0) is 6.54 Å². The normalized spacial score (nSPS) is 10.5. The molecule has 1 aromatic carbocycles. The van der Waals surface area contributed by atoms with Gasteiger partial charge in [-0.05, 0) is 38.1 Å². The van der Waals surface area contributed by atoms with E-state index in [-0.39, 0.29) is 5.82 Å². The summed E-state index contributed by atoms with van der Waals surface area (Å²) in [4.78, 5) is 0. The third-order valence-corrected chi connectivity index (χ3v) is 2.94. The van der Waals surface area contributed by atoms with E-state index in [2.05, 4.69) is 21.2 Å². The molecule has 1 rings (SSSR count).